The van der Waals surface area contributed by atoms with Crippen LogP contribution in [-0.2, 0) is 29.5 Å². The minimum Gasteiger partial charge on any atom is -0.355 e. The molecule has 27 heavy (non-hydrogen) atoms. The maximum absolute atomic E-state index is 12.1. The minimum absolute atomic E-state index is 0. The highest BCUT2D eigenvalue weighted by Gasteiger charge is 2.10. The van der Waals surface area contributed by atoms with Crippen LogP contribution in [0.2, 0.25) is 0 Å². The predicted octanol–water partition coefficient (Wildman–Crippen LogP) is 2.11. The van der Waals surface area contributed by atoms with Gasteiger partial charge < -0.3 is 10.6 Å². The molecule has 7 nitrogen and oxygen atoms in total. The molecule has 2 rings (SSSR count). The van der Waals surface area contributed by atoms with Gasteiger partial charge in [-0.25, -0.2) is 18.1 Å². The van der Waals surface area contributed by atoms with Gasteiger partial charge in [0, 0.05) is 31.2 Å². The number of nitrogens with zero attached hydrogens (tertiary/aromatic N) is 2. The van der Waals surface area contributed by atoms with Gasteiger partial charge in [0.25, 0.3) is 0 Å². The molecule has 150 valence electrons. The number of aryl methyl sites for hydroxylation is 1. The average Bonchev–Trinajstić information content (AvgIpc) is 3.12. The zero-order chi connectivity index (χ0) is 18.8. The van der Waals surface area contributed by atoms with Crippen molar-refractivity contribution in [3.8, 4) is 0 Å². The first-order chi connectivity index (χ1) is 12.5. The van der Waals surface area contributed by atoms with E-state index in [4.69, 9.17) is 0 Å². The Labute approximate surface area is 182 Å². The van der Waals surface area contributed by atoms with Gasteiger partial charge >= 0.3 is 0 Å². The molecule has 0 aliphatic heterocycles. The van der Waals surface area contributed by atoms with E-state index in [-0.39, 0.29) is 36.3 Å². The van der Waals surface area contributed by atoms with E-state index in [9.17, 15) is 8.42 Å². The van der Waals surface area contributed by atoms with Crippen molar-refractivity contribution in [2.75, 3.05) is 19.3 Å². The van der Waals surface area contributed by atoms with E-state index in [0.29, 0.717) is 19.0 Å². The number of benzene rings is 1. The van der Waals surface area contributed by atoms with Gasteiger partial charge in [-0.15, -0.1) is 35.3 Å². The fourth-order valence-electron chi connectivity index (χ4n) is 2.14. The SMILES string of the molecule is CCc1cnc(CNC(=NC)NCCS(=O)(=O)NCc2ccccc2)s1.I. The van der Waals surface area contributed by atoms with E-state index in [1.165, 1.54) is 4.88 Å². The van der Waals surface area contributed by atoms with Crippen LogP contribution in [0.4, 0.5) is 0 Å². The topological polar surface area (TPSA) is 95.5 Å². The van der Waals surface area contributed by atoms with Crippen LogP contribution in [0.3, 0.4) is 0 Å². The van der Waals surface area contributed by atoms with Gasteiger partial charge in [-0.1, -0.05) is 37.3 Å². The van der Waals surface area contributed by atoms with Gasteiger partial charge in [-0.2, -0.15) is 0 Å². The molecule has 0 aliphatic rings. The lowest BCUT2D eigenvalue weighted by Crippen LogP contribution is -2.40. The average molecular weight is 523 g/mol. The first-order valence-electron chi connectivity index (χ1n) is 8.41. The molecule has 10 heteroatoms. The van der Waals surface area contributed by atoms with Crippen LogP contribution in [0.5, 0.6) is 0 Å². The van der Waals surface area contributed by atoms with Crippen molar-refractivity contribution < 1.29 is 8.42 Å². The summed E-state index contributed by atoms with van der Waals surface area (Å²) in [7, 11) is -1.71. The summed E-state index contributed by atoms with van der Waals surface area (Å²) in [6.45, 7) is 3.21. The zero-order valence-corrected chi connectivity index (χ0v) is 19.4. The number of guanidine groups is 1. The van der Waals surface area contributed by atoms with Crippen molar-refractivity contribution in [1.82, 2.24) is 20.3 Å². The molecule has 0 spiro atoms. The number of sulfonamides is 1. The Hall–Kier alpha value is -1.24. The van der Waals surface area contributed by atoms with E-state index in [1.807, 2.05) is 36.5 Å². The van der Waals surface area contributed by atoms with Crippen LogP contribution >= 0.6 is 35.3 Å². The number of hydrogen-bond donors (Lipinski definition) is 3. The lowest BCUT2D eigenvalue weighted by molar-refractivity contribution is 0.580. The van der Waals surface area contributed by atoms with E-state index < -0.39 is 10.0 Å². The molecule has 0 fully saturated rings. The summed E-state index contributed by atoms with van der Waals surface area (Å²) < 4.78 is 26.7. The third-order valence-electron chi connectivity index (χ3n) is 3.58. The molecule has 0 amide bonds. The summed E-state index contributed by atoms with van der Waals surface area (Å²) in [5, 5.41) is 7.12. The Morgan fingerprint density at radius 3 is 2.56 bits per heavy atom. The van der Waals surface area contributed by atoms with Crippen molar-refractivity contribution in [2.24, 2.45) is 4.99 Å². The van der Waals surface area contributed by atoms with Crippen LogP contribution in [0, 0.1) is 0 Å². The number of aliphatic imine (C=N–C) groups is 1. The first kappa shape index (κ1) is 23.8. The summed E-state index contributed by atoms with van der Waals surface area (Å²) in [5.74, 6) is 0.522. The van der Waals surface area contributed by atoms with Gasteiger partial charge in [0.15, 0.2) is 5.96 Å². The number of nitrogens with one attached hydrogen (secondary N) is 3. The molecule has 0 bridgehead atoms. The molecule has 0 saturated heterocycles. The second-order valence-electron chi connectivity index (χ2n) is 5.55. The maximum atomic E-state index is 12.1. The molecule has 0 unspecified atom stereocenters. The van der Waals surface area contributed by atoms with E-state index in [0.717, 1.165) is 17.0 Å². The number of thiazole rings is 1. The van der Waals surface area contributed by atoms with Crippen LogP contribution in [0.1, 0.15) is 22.4 Å². The van der Waals surface area contributed by atoms with Crippen LogP contribution < -0.4 is 15.4 Å². The monoisotopic (exact) mass is 523 g/mol. The molecule has 2 aromatic rings. The Bertz CT molecular complexity index is 810. The van der Waals surface area contributed by atoms with Crippen LogP contribution in [0.15, 0.2) is 41.5 Å². The molecule has 0 atom stereocenters. The molecular weight excluding hydrogens is 497 g/mol. The smallest absolute Gasteiger partial charge is 0.213 e. The Morgan fingerprint density at radius 2 is 1.93 bits per heavy atom. The molecule has 3 N–H and O–H groups in total. The standard InChI is InChI=1S/C17H25N5O2S2.HI/c1-3-15-12-20-16(25-15)13-21-17(18-2)19-9-10-26(23,24)22-11-14-7-5-4-6-8-14;/h4-8,12,22H,3,9-11,13H2,1-2H3,(H2,18,19,21);1H. The lowest BCUT2D eigenvalue weighted by atomic mass is 10.2. The molecule has 0 saturated carbocycles. The van der Waals surface area contributed by atoms with Crippen molar-refractivity contribution in [3.63, 3.8) is 0 Å². The predicted molar refractivity (Wildman–Crippen MR) is 122 cm³/mol. The van der Waals surface area contributed by atoms with Gasteiger partial charge in [0.1, 0.15) is 5.01 Å². The minimum atomic E-state index is -3.36. The highest BCUT2D eigenvalue weighted by atomic mass is 127. The van der Waals surface area contributed by atoms with Crippen molar-refractivity contribution >= 4 is 51.3 Å². The fourth-order valence-corrected chi connectivity index (χ4v) is 3.84. The molecule has 1 aromatic heterocycles. The third-order valence-corrected chi connectivity index (χ3v) is 6.05. The van der Waals surface area contributed by atoms with Gasteiger partial charge in [0.2, 0.25) is 10.0 Å². The molecule has 0 aliphatic carbocycles. The van der Waals surface area contributed by atoms with Gasteiger partial charge in [0.05, 0.1) is 12.3 Å². The van der Waals surface area contributed by atoms with Crippen molar-refractivity contribution in [1.29, 1.82) is 0 Å². The normalized spacial score (nSPS) is 11.7. The number of hydrogen-bond acceptors (Lipinski definition) is 5. The number of rotatable bonds is 9. The second kappa shape index (κ2) is 12.3. The number of halogens is 1. The largest absolute Gasteiger partial charge is 0.355 e. The molecule has 1 aromatic carbocycles. The summed E-state index contributed by atoms with van der Waals surface area (Å²) in [5.41, 5.74) is 0.927. The summed E-state index contributed by atoms with van der Waals surface area (Å²) in [6, 6.07) is 9.43. The highest BCUT2D eigenvalue weighted by Crippen LogP contribution is 2.12. The fraction of sp³-hybridized carbons (Fsp3) is 0.412. The summed E-state index contributed by atoms with van der Waals surface area (Å²) in [6.07, 6.45) is 2.85. The van der Waals surface area contributed by atoms with E-state index >= 15 is 0 Å². The van der Waals surface area contributed by atoms with Gasteiger partial charge in [-0.3, -0.25) is 4.99 Å². The van der Waals surface area contributed by atoms with Crippen LogP contribution in [0.25, 0.3) is 0 Å². The highest BCUT2D eigenvalue weighted by molar-refractivity contribution is 14.0. The van der Waals surface area contributed by atoms with Crippen molar-refractivity contribution in [3.05, 3.63) is 52.0 Å². The Kier molecular flexibility index (Phi) is 10.8. The lowest BCUT2D eigenvalue weighted by Gasteiger charge is -2.11. The van der Waals surface area contributed by atoms with E-state index in [2.05, 4.69) is 32.3 Å². The maximum Gasteiger partial charge on any atom is 0.213 e. The van der Waals surface area contributed by atoms with Crippen molar-refractivity contribution in [2.45, 2.75) is 26.4 Å². The second-order valence-corrected chi connectivity index (χ2v) is 8.68. The zero-order valence-electron chi connectivity index (χ0n) is 15.4. The summed E-state index contributed by atoms with van der Waals surface area (Å²) >= 11 is 1.66. The summed E-state index contributed by atoms with van der Waals surface area (Å²) in [4.78, 5) is 9.67. The van der Waals surface area contributed by atoms with Crippen LogP contribution in [-0.4, -0.2) is 38.7 Å². The molecule has 1 heterocycles. The quantitative estimate of drug-likeness (QED) is 0.266. The third kappa shape index (κ3) is 9.00. The Morgan fingerprint density at radius 1 is 1.19 bits per heavy atom. The van der Waals surface area contributed by atoms with Gasteiger partial charge in [-0.05, 0) is 12.0 Å². The molecule has 0 radical (unpaired) electrons. The molecular formula is C17H26IN5O2S2. The first-order valence-corrected chi connectivity index (χ1v) is 10.9. The Balaban J connectivity index is 0.00000364. The van der Waals surface area contributed by atoms with E-state index in [1.54, 1.807) is 18.4 Å². The number of aromatic nitrogens is 1.